The molecule has 2 rings (SSSR count). The summed E-state index contributed by atoms with van der Waals surface area (Å²) in [5.74, 6) is 0. The van der Waals surface area contributed by atoms with Gasteiger partial charge in [-0.05, 0) is 24.6 Å². The van der Waals surface area contributed by atoms with Crippen LogP contribution in [0.1, 0.15) is 11.3 Å². The van der Waals surface area contributed by atoms with E-state index in [0.29, 0.717) is 0 Å². The summed E-state index contributed by atoms with van der Waals surface area (Å²) in [5, 5.41) is 11.8. The predicted octanol–water partition coefficient (Wildman–Crippen LogP) is 2.47. The van der Waals surface area contributed by atoms with Gasteiger partial charge in [0.1, 0.15) is 6.61 Å². The molecule has 0 unspecified atom stereocenters. The molecule has 2 nitrogen and oxygen atoms in total. The molecule has 13 heavy (non-hydrogen) atoms. The minimum Gasteiger partial charge on any atom is -0.253 e. The van der Waals surface area contributed by atoms with Crippen LogP contribution in [0.4, 0.5) is 0 Å². The molecule has 0 saturated heterocycles. The predicted molar refractivity (Wildman–Crippen MR) is 50.9 cm³/mol. The largest absolute Gasteiger partial charge is 0.253 e. The maximum atomic E-state index is 10.9. The van der Waals surface area contributed by atoms with Gasteiger partial charge in [-0.25, -0.2) is 5.11 Å². The quantitative estimate of drug-likeness (QED) is 0.650. The first-order chi connectivity index (χ1) is 6.31. The number of aromatic nitrogens is 1. The second kappa shape index (κ2) is 3.15. The van der Waals surface area contributed by atoms with Crippen molar-refractivity contribution in [1.29, 1.82) is 0 Å². The number of nitrogens with zero attached hydrogens (tertiary/aromatic N) is 1. The van der Waals surface area contributed by atoms with Crippen molar-refractivity contribution in [3.05, 3.63) is 41.6 Å². The molecule has 0 atom stereocenters. The fourth-order valence-corrected chi connectivity index (χ4v) is 1.51. The van der Waals surface area contributed by atoms with Gasteiger partial charge in [0.2, 0.25) is 0 Å². The molecule has 2 aromatic rings. The highest BCUT2D eigenvalue weighted by Gasteiger charge is 2.01. The van der Waals surface area contributed by atoms with Crippen LogP contribution in [0, 0.1) is 6.92 Å². The summed E-state index contributed by atoms with van der Waals surface area (Å²) in [4.78, 5) is 4.35. The fourth-order valence-electron chi connectivity index (χ4n) is 1.51. The van der Waals surface area contributed by atoms with Crippen LogP contribution in [-0.2, 0) is 11.7 Å². The van der Waals surface area contributed by atoms with Gasteiger partial charge in [-0.2, -0.15) is 0 Å². The third kappa shape index (κ3) is 1.40. The van der Waals surface area contributed by atoms with Gasteiger partial charge in [0.05, 0.1) is 5.52 Å². The van der Waals surface area contributed by atoms with Gasteiger partial charge in [0, 0.05) is 11.1 Å². The zero-order chi connectivity index (χ0) is 9.26. The molecule has 0 aliphatic rings. The second-order valence-corrected chi connectivity index (χ2v) is 3.08. The average Bonchev–Trinajstić information content (AvgIpc) is 2.16. The van der Waals surface area contributed by atoms with Crippen LogP contribution in [0.15, 0.2) is 30.3 Å². The van der Waals surface area contributed by atoms with E-state index in [1.54, 1.807) is 0 Å². The molecule has 0 saturated carbocycles. The van der Waals surface area contributed by atoms with E-state index in [4.69, 9.17) is 0 Å². The first-order valence-electron chi connectivity index (χ1n) is 4.24. The Bertz CT molecular complexity index is 437. The number of para-hydroxylation sites is 1. The Labute approximate surface area is 76.9 Å². The molecule has 1 aromatic heterocycles. The lowest BCUT2D eigenvalue weighted by molar-refractivity contribution is 0.178. The summed E-state index contributed by atoms with van der Waals surface area (Å²) in [6.45, 7) is 1.73. The molecule has 0 bridgehead atoms. The van der Waals surface area contributed by atoms with Crippen molar-refractivity contribution in [2.75, 3.05) is 0 Å². The zero-order valence-electron chi connectivity index (χ0n) is 7.45. The molecule has 1 heterocycles. The minimum atomic E-state index is -0.177. The second-order valence-electron chi connectivity index (χ2n) is 3.08. The van der Waals surface area contributed by atoms with Crippen molar-refractivity contribution in [3.8, 4) is 0 Å². The highest BCUT2D eigenvalue weighted by molar-refractivity contribution is 5.82. The third-order valence-corrected chi connectivity index (χ3v) is 2.09. The number of benzene rings is 1. The van der Waals surface area contributed by atoms with Gasteiger partial charge in [-0.15, -0.1) is 0 Å². The van der Waals surface area contributed by atoms with E-state index in [9.17, 15) is 5.11 Å². The van der Waals surface area contributed by atoms with Gasteiger partial charge in [0.25, 0.3) is 0 Å². The Hall–Kier alpha value is -1.41. The fraction of sp³-hybridized carbons (Fsp3) is 0.182. The number of hydrogen-bond acceptors (Lipinski definition) is 1. The number of rotatable bonds is 1. The highest BCUT2D eigenvalue weighted by Crippen LogP contribution is 2.17. The number of hydrogen-bond donors (Lipinski definition) is 0. The molecule has 1 aromatic carbocycles. The van der Waals surface area contributed by atoms with Crippen molar-refractivity contribution < 1.29 is 5.11 Å². The van der Waals surface area contributed by atoms with Crippen LogP contribution in [0.3, 0.4) is 0 Å². The molecular formula is C11H10NO. The van der Waals surface area contributed by atoms with Crippen LogP contribution >= 0.6 is 0 Å². The summed E-state index contributed by atoms with van der Waals surface area (Å²) in [6, 6.07) is 9.59. The maximum Gasteiger partial charge on any atom is 0.108 e. The first kappa shape index (κ1) is 8.20. The molecule has 1 radical (unpaired) electrons. The highest BCUT2D eigenvalue weighted by atomic mass is 16.3. The molecule has 0 aliphatic carbocycles. The van der Waals surface area contributed by atoms with E-state index in [1.165, 1.54) is 0 Å². The van der Waals surface area contributed by atoms with Gasteiger partial charge >= 0.3 is 0 Å². The molecule has 0 fully saturated rings. The topological polar surface area (TPSA) is 32.8 Å². The van der Waals surface area contributed by atoms with E-state index in [0.717, 1.165) is 22.2 Å². The average molecular weight is 172 g/mol. The molecule has 0 aliphatic heterocycles. The Kier molecular flexibility index (Phi) is 1.99. The van der Waals surface area contributed by atoms with Gasteiger partial charge < -0.3 is 0 Å². The van der Waals surface area contributed by atoms with Gasteiger partial charge in [-0.1, -0.05) is 18.2 Å². The minimum absolute atomic E-state index is 0.177. The van der Waals surface area contributed by atoms with E-state index < -0.39 is 0 Å². The first-order valence-corrected chi connectivity index (χ1v) is 4.24. The zero-order valence-corrected chi connectivity index (χ0v) is 7.45. The van der Waals surface area contributed by atoms with Crippen LogP contribution in [-0.4, -0.2) is 4.98 Å². The Morgan fingerprint density at radius 1 is 1.31 bits per heavy atom. The van der Waals surface area contributed by atoms with Crippen molar-refractivity contribution in [2.45, 2.75) is 13.5 Å². The number of pyridine rings is 1. The molecule has 0 amide bonds. The summed E-state index contributed by atoms with van der Waals surface area (Å²) < 4.78 is 0. The maximum absolute atomic E-state index is 10.9. The summed E-state index contributed by atoms with van der Waals surface area (Å²) in [6.07, 6.45) is 0. The Morgan fingerprint density at radius 2 is 2.08 bits per heavy atom. The number of fused-ring (bicyclic) bond motifs is 1. The summed E-state index contributed by atoms with van der Waals surface area (Å²) in [7, 11) is 0. The number of aryl methyl sites for hydroxylation is 1. The molecular weight excluding hydrogens is 162 g/mol. The normalized spacial score (nSPS) is 10.6. The SMILES string of the molecule is Cc1cc(C[O])c2ccccc2n1. The Balaban J connectivity index is 2.81. The smallest absolute Gasteiger partial charge is 0.108 e. The lowest BCUT2D eigenvalue weighted by Gasteiger charge is -2.03. The van der Waals surface area contributed by atoms with Crippen molar-refractivity contribution in [3.63, 3.8) is 0 Å². The Morgan fingerprint density at radius 3 is 2.85 bits per heavy atom. The van der Waals surface area contributed by atoms with Crippen molar-refractivity contribution in [2.24, 2.45) is 0 Å². The summed E-state index contributed by atoms with van der Waals surface area (Å²) in [5.41, 5.74) is 2.65. The molecule has 0 N–H and O–H groups in total. The third-order valence-electron chi connectivity index (χ3n) is 2.09. The van der Waals surface area contributed by atoms with Crippen LogP contribution in [0.25, 0.3) is 10.9 Å². The molecule has 65 valence electrons. The van der Waals surface area contributed by atoms with E-state index in [-0.39, 0.29) is 6.61 Å². The standard InChI is InChI=1S/C11H10NO/c1-8-6-9(7-13)10-4-2-3-5-11(10)12-8/h2-6H,7H2,1H3. The van der Waals surface area contributed by atoms with Crippen molar-refractivity contribution in [1.82, 2.24) is 4.98 Å². The van der Waals surface area contributed by atoms with E-state index in [1.807, 2.05) is 37.3 Å². The summed E-state index contributed by atoms with van der Waals surface area (Å²) >= 11 is 0. The van der Waals surface area contributed by atoms with Gasteiger partial charge in [0.15, 0.2) is 0 Å². The van der Waals surface area contributed by atoms with Crippen LogP contribution in [0.2, 0.25) is 0 Å². The van der Waals surface area contributed by atoms with Crippen LogP contribution in [0.5, 0.6) is 0 Å². The lowest BCUT2D eigenvalue weighted by Crippen LogP contribution is -1.90. The van der Waals surface area contributed by atoms with E-state index >= 15 is 0 Å². The van der Waals surface area contributed by atoms with E-state index in [2.05, 4.69) is 4.98 Å². The molecule has 2 heteroatoms. The van der Waals surface area contributed by atoms with Crippen LogP contribution < -0.4 is 0 Å². The monoisotopic (exact) mass is 172 g/mol. The lowest BCUT2D eigenvalue weighted by atomic mass is 10.1. The molecule has 0 spiro atoms. The van der Waals surface area contributed by atoms with Crippen molar-refractivity contribution >= 4 is 10.9 Å². The van der Waals surface area contributed by atoms with Gasteiger partial charge in [-0.3, -0.25) is 4.98 Å².